The van der Waals surface area contributed by atoms with Gasteiger partial charge in [-0.1, -0.05) is 30.3 Å². The Morgan fingerprint density at radius 3 is 2.19 bits per heavy atom. The van der Waals surface area contributed by atoms with E-state index in [4.69, 9.17) is 0 Å². The monoisotopic (exact) mass is 301 g/mol. The summed E-state index contributed by atoms with van der Waals surface area (Å²) in [6.07, 6.45) is 4.28. The summed E-state index contributed by atoms with van der Waals surface area (Å²) in [7, 11) is -3.22. The Kier molecular flexibility index (Phi) is 4.55. The number of rotatable bonds is 4. The molecule has 0 aromatic heterocycles. The van der Waals surface area contributed by atoms with Crippen molar-refractivity contribution in [1.29, 1.82) is 0 Å². The van der Waals surface area contributed by atoms with E-state index >= 15 is 0 Å². The molecule has 1 N–H and O–H groups in total. The zero-order valence-electron chi connectivity index (χ0n) is 11.5. The van der Waals surface area contributed by atoms with Crippen LogP contribution in [0.2, 0.25) is 0 Å². The van der Waals surface area contributed by atoms with E-state index in [1.165, 1.54) is 18.2 Å². The molecule has 4 nitrogen and oxygen atoms in total. The third kappa shape index (κ3) is 4.57. The number of amides is 1. The van der Waals surface area contributed by atoms with E-state index < -0.39 is 9.84 Å². The molecule has 0 radical (unpaired) electrons. The molecule has 0 unspecified atom stereocenters. The van der Waals surface area contributed by atoms with Crippen molar-refractivity contribution in [2.45, 2.75) is 4.90 Å². The molecule has 0 heterocycles. The Hall–Kier alpha value is -2.40. The van der Waals surface area contributed by atoms with Gasteiger partial charge in [-0.05, 0) is 35.9 Å². The van der Waals surface area contributed by atoms with Gasteiger partial charge in [-0.3, -0.25) is 4.79 Å². The van der Waals surface area contributed by atoms with Gasteiger partial charge in [-0.15, -0.1) is 0 Å². The first-order valence-corrected chi connectivity index (χ1v) is 8.18. The number of nitrogens with one attached hydrogen (secondary N) is 1. The van der Waals surface area contributed by atoms with Crippen LogP contribution < -0.4 is 5.32 Å². The van der Waals surface area contributed by atoms with Crippen LogP contribution in [0.5, 0.6) is 0 Å². The van der Waals surface area contributed by atoms with Gasteiger partial charge >= 0.3 is 0 Å². The zero-order chi connectivity index (χ0) is 15.3. The molecule has 1 amide bonds. The molecule has 0 bridgehead atoms. The average molecular weight is 301 g/mol. The van der Waals surface area contributed by atoms with Crippen LogP contribution in [-0.4, -0.2) is 20.6 Å². The summed E-state index contributed by atoms with van der Waals surface area (Å²) in [6.45, 7) is 0. The first kappa shape index (κ1) is 15.0. The standard InChI is InChI=1S/C16H15NO3S/c1-21(19,20)15-10-8-14(9-11-15)17-16(18)12-7-13-5-3-2-4-6-13/h2-12H,1H3,(H,17,18)/b12-7+. The molecular weight excluding hydrogens is 286 g/mol. The van der Waals surface area contributed by atoms with Crippen LogP contribution in [0, 0.1) is 0 Å². The number of sulfone groups is 1. The Bertz CT molecular complexity index is 748. The topological polar surface area (TPSA) is 63.2 Å². The molecule has 2 rings (SSSR count). The molecule has 21 heavy (non-hydrogen) atoms. The first-order valence-electron chi connectivity index (χ1n) is 6.29. The lowest BCUT2D eigenvalue weighted by Gasteiger charge is -2.03. The maximum atomic E-state index is 11.8. The van der Waals surface area contributed by atoms with Crippen LogP contribution in [0.1, 0.15) is 5.56 Å². The van der Waals surface area contributed by atoms with Crippen LogP contribution in [-0.2, 0) is 14.6 Å². The number of carbonyl (C=O) groups is 1. The van der Waals surface area contributed by atoms with Gasteiger partial charge in [0.2, 0.25) is 5.91 Å². The largest absolute Gasteiger partial charge is 0.323 e. The number of anilines is 1. The Balaban J connectivity index is 2.02. The number of hydrogen-bond donors (Lipinski definition) is 1. The third-order valence-electron chi connectivity index (χ3n) is 2.78. The fraction of sp³-hybridized carbons (Fsp3) is 0.0625. The lowest BCUT2D eigenvalue weighted by molar-refractivity contribution is -0.111. The summed E-state index contributed by atoms with van der Waals surface area (Å²) in [5.74, 6) is -0.272. The lowest BCUT2D eigenvalue weighted by Crippen LogP contribution is -2.08. The van der Waals surface area contributed by atoms with Crippen molar-refractivity contribution in [3.8, 4) is 0 Å². The van der Waals surface area contributed by atoms with Gasteiger partial charge in [0.15, 0.2) is 9.84 Å². The molecule has 2 aromatic rings. The Morgan fingerprint density at radius 2 is 1.62 bits per heavy atom. The zero-order valence-corrected chi connectivity index (χ0v) is 12.3. The Morgan fingerprint density at radius 1 is 1.00 bits per heavy atom. The van der Waals surface area contributed by atoms with Gasteiger partial charge in [0.05, 0.1) is 4.90 Å². The molecule has 0 aliphatic carbocycles. The maximum Gasteiger partial charge on any atom is 0.248 e. The molecule has 0 spiro atoms. The molecule has 5 heteroatoms. The Labute approximate surface area is 124 Å². The summed E-state index contributed by atoms with van der Waals surface area (Å²) >= 11 is 0. The fourth-order valence-corrected chi connectivity index (χ4v) is 2.34. The van der Waals surface area contributed by atoms with Crippen molar-refractivity contribution >= 4 is 27.5 Å². The molecular formula is C16H15NO3S. The molecule has 0 aliphatic rings. The molecule has 0 aliphatic heterocycles. The molecule has 0 fully saturated rings. The summed E-state index contributed by atoms with van der Waals surface area (Å²) in [6, 6.07) is 15.5. The van der Waals surface area contributed by atoms with Gasteiger partial charge < -0.3 is 5.32 Å². The molecule has 0 saturated carbocycles. The van der Waals surface area contributed by atoms with Crippen molar-refractivity contribution < 1.29 is 13.2 Å². The van der Waals surface area contributed by atoms with Gasteiger partial charge in [-0.25, -0.2) is 8.42 Å². The van der Waals surface area contributed by atoms with Crippen LogP contribution in [0.25, 0.3) is 6.08 Å². The first-order chi connectivity index (χ1) is 9.95. The smallest absolute Gasteiger partial charge is 0.248 e. The average Bonchev–Trinajstić information content (AvgIpc) is 2.46. The van der Waals surface area contributed by atoms with Crippen LogP contribution in [0.15, 0.2) is 65.6 Å². The van der Waals surface area contributed by atoms with Crippen molar-refractivity contribution in [1.82, 2.24) is 0 Å². The molecule has 0 atom stereocenters. The van der Waals surface area contributed by atoms with E-state index in [1.807, 2.05) is 30.3 Å². The third-order valence-corrected chi connectivity index (χ3v) is 3.91. The number of benzene rings is 2. The van der Waals surface area contributed by atoms with E-state index in [0.717, 1.165) is 11.8 Å². The maximum absolute atomic E-state index is 11.8. The van der Waals surface area contributed by atoms with E-state index in [1.54, 1.807) is 18.2 Å². The number of carbonyl (C=O) groups excluding carboxylic acids is 1. The van der Waals surface area contributed by atoms with Crippen molar-refractivity contribution in [3.05, 3.63) is 66.2 Å². The van der Waals surface area contributed by atoms with E-state index in [0.29, 0.717) is 5.69 Å². The van der Waals surface area contributed by atoms with Crippen LogP contribution in [0.3, 0.4) is 0 Å². The normalized spacial score (nSPS) is 11.5. The minimum Gasteiger partial charge on any atom is -0.323 e. The predicted octanol–water partition coefficient (Wildman–Crippen LogP) is 2.74. The van der Waals surface area contributed by atoms with Crippen molar-refractivity contribution in [3.63, 3.8) is 0 Å². The van der Waals surface area contributed by atoms with Gasteiger partial charge in [0, 0.05) is 18.0 Å². The molecule has 2 aromatic carbocycles. The predicted molar refractivity (Wildman–Crippen MR) is 83.7 cm³/mol. The lowest BCUT2D eigenvalue weighted by atomic mass is 10.2. The molecule has 0 saturated heterocycles. The fourth-order valence-electron chi connectivity index (χ4n) is 1.71. The van der Waals surface area contributed by atoms with Crippen molar-refractivity contribution in [2.24, 2.45) is 0 Å². The minimum absolute atomic E-state index is 0.223. The summed E-state index contributed by atoms with van der Waals surface area (Å²) < 4.78 is 22.7. The summed E-state index contributed by atoms with van der Waals surface area (Å²) in [4.78, 5) is 12.0. The van der Waals surface area contributed by atoms with E-state index in [2.05, 4.69) is 5.32 Å². The number of hydrogen-bond acceptors (Lipinski definition) is 3. The second-order valence-electron chi connectivity index (χ2n) is 4.53. The van der Waals surface area contributed by atoms with Gasteiger partial charge in [0.25, 0.3) is 0 Å². The highest BCUT2D eigenvalue weighted by atomic mass is 32.2. The second kappa shape index (κ2) is 6.37. The quantitative estimate of drug-likeness (QED) is 0.883. The highest BCUT2D eigenvalue weighted by Crippen LogP contribution is 2.14. The highest BCUT2D eigenvalue weighted by molar-refractivity contribution is 7.90. The highest BCUT2D eigenvalue weighted by Gasteiger charge is 2.06. The SMILES string of the molecule is CS(=O)(=O)c1ccc(NC(=O)/C=C/c2ccccc2)cc1. The van der Waals surface area contributed by atoms with Gasteiger partial charge in [0.1, 0.15) is 0 Å². The van der Waals surface area contributed by atoms with Crippen LogP contribution >= 0.6 is 0 Å². The second-order valence-corrected chi connectivity index (χ2v) is 6.55. The summed E-state index contributed by atoms with van der Waals surface area (Å²) in [5, 5.41) is 2.67. The van der Waals surface area contributed by atoms with Crippen LogP contribution in [0.4, 0.5) is 5.69 Å². The van der Waals surface area contributed by atoms with E-state index in [9.17, 15) is 13.2 Å². The van der Waals surface area contributed by atoms with Crippen molar-refractivity contribution in [2.75, 3.05) is 11.6 Å². The van der Waals surface area contributed by atoms with E-state index in [-0.39, 0.29) is 10.8 Å². The van der Waals surface area contributed by atoms with Gasteiger partial charge in [-0.2, -0.15) is 0 Å². The summed E-state index contributed by atoms with van der Waals surface area (Å²) in [5.41, 5.74) is 1.48. The minimum atomic E-state index is -3.22. The molecule has 108 valence electrons.